The van der Waals surface area contributed by atoms with Crippen molar-refractivity contribution in [3.8, 4) is 17.2 Å². The Morgan fingerprint density at radius 1 is 1.12 bits per heavy atom. The Morgan fingerprint density at radius 3 is 2.54 bits per heavy atom. The molecule has 0 spiro atoms. The number of nitriles is 1. The Labute approximate surface area is 159 Å². The minimum atomic E-state index is 0.684. The van der Waals surface area contributed by atoms with Crippen LogP contribution in [-0.4, -0.2) is 9.97 Å². The number of benzene rings is 2. The molecule has 0 bridgehead atoms. The lowest BCUT2D eigenvalue weighted by molar-refractivity contribution is 0.828. The van der Waals surface area contributed by atoms with E-state index in [9.17, 15) is 5.26 Å². The zero-order chi connectivity index (χ0) is 18.5. The van der Waals surface area contributed by atoms with Crippen molar-refractivity contribution >= 4 is 12.2 Å². The van der Waals surface area contributed by atoms with Gasteiger partial charge in [0.2, 0.25) is 0 Å². The minimum Gasteiger partial charge on any atom is -0.347 e. The highest BCUT2D eigenvalue weighted by atomic mass is 32.1. The number of aryl methyl sites for hydroxylation is 2. The maximum Gasteiger partial charge on any atom is 0.133 e. The van der Waals surface area contributed by atoms with Crippen LogP contribution in [-0.2, 0) is 12.8 Å². The first-order valence-electron chi connectivity index (χ1n) is 8.79. The average Bonchev–Trinajstić information content (AvgIpc) is 2.65. The van der Waals surface area contributed by atoms with E-state index in [1.54, 1.807) is 0 Å². The standard InChI is InChI=1S/C22H21N3S/c1-3-6-21-20(22(26)25-15(2)24-21)13-16-9-11-17(12-10-16)19-8-5-4-7-18(19)14-23/h4-5,7-12H,3,6,13H2,1-2H3,(H,24,25,26). The lowest BCUT2D eigenvalue weighted by Gasteiger charge is -2.11. The van der Waals surface area contributed by atoms with Gasteiger partial charge < -0.3 is 4.98 Å². The van der Waals surface area contributed by atoms with Crippen LogP contribution in [0.25, 0.3) is 11.1 Å². The second-order valence-electron chi connectivity index (χ2n) is 6.37. The normalized spacial score (nSPS) is 10.5. The summed E-state index contributed by atoms with van der Waals surface area (Å²) in [6.07, 6.45) is 2.79. The third-order valence-corrected chi connectivity index (χ3v) is 4.75. The molecule has 0 aliphatic rings. The SMILES string of the molecule is CCCc1[nH]c(C)nc(=S)c1Cc1ccc(-c2ccccc2C#N)cc1. The van der Waals surface area contributed by atoms with Gasteiger partial charge in [0, 0.05) is 17.7 Å². The largest absolute Gasteiger partial charge is 0.347 e. The van der Waals surface area contributed by atoms with Crippen LogP contribution in [0.5, 0.6) is 0 Å². The van der Waals surface area contributed by atoms with Gasteiger partial charge in [-0.25, -0.2) is 4.98 Å². The molecule has 0 aliphatic carbocycles. The van der Waals surface area contributed by atoms with E-state index in [1.165, 1.54) is 11.3 Å². The van der Waals surface area contributed by atoms with Crippen molar-refractivity contribution in [2.75, 3.05) is 0 Å². The predicted octanol–water partition coefficient (Wildman–Crippen LogP) is 5.53. The smallest absolute Gasteiger partial charge is 0.133 e. The van der Waals surface area contributed by atoms with Crippen LogP contribution in [0.4, 0.5) is 0 Å². The van der Waals surface area contributed by atoms with E-state index in [-0.39, 0.29) is 0 Å². The molecule has 26 heavy (non-hydrogen) atoms. The first-order chi connectivity index (χ1) is 12.6. The Morgan fingerprint density at radius 2 is 1.85 bits per heavy atom. The Hall–Kier alpha value is -2.77. The number of nitrogens with one attached hydrogen (secondary N) is 1. The maximum absolute atomic E-state index is 9.29. The summed E-state index contributed by atoms with van der Waals surface area (Å²) in [4.78, 5) is 7.80. The first kappa shape index (κ1) is 18.0. The van der Waals surface area contributed by atoms with Gasteiger partial charge in [-0.05, 0) is 36.1 Å². The quantitative estimate of drug-likeness (QED) is 0.609. The molecule has 0 atom stereocenters. The molecule has 0 amide bonds. The molecule has 0 saturated carbocycles. The first-order valence-corrected chi connectivity index (χ1v) is 9.20. The van der Waals surface area contributed by atoms with E-state index in [1.807, 2.05) is 31.2 Å². The number of hydrogen-bond donors (Lipinski definition) is 1. The van der Waals surface area contributed by atoms with Gasteiger partial charge >= 0.3 is 0 Å². The second kappa shape index (κ2) is 8.07. The van der Waals surface area contributed by atoms with Gasteiger partial charge in [0.1, 0.15) is 10.5 Å². The highest BCUT2D eigenvalue weighted by Crippen LogP contribution is 2.24. The Balaban J connectivity index is 1.92. The molecule has 3 rings (SSSR count). The van der Waals surface area contributed by atoms with E-state index in [0.717, 1.165) is 41.8 Å². The Kier molecular flexibility index (Phi) is 5.60. The number of aromatic amines is 1. The monoisotopic (exact) mass is 359 g/mol. The molecule has 1 heterocycles. The number of aromatic nitrogens is 2. The van der Waals surface area contributed by atoms with Crippen LogP contribution >= 0.6 is 12.2 Å². The van der Waals surface area contributed by atoms with Crippen molar-refractivity contribution in [1.29, 1.82) is 5.26 Å². The Bertz CT molecular complexity index is 1010. The lowest BCUT2D eigenvalue weighted by Crippen LogP contribution is -2.04. The van der Waals surface area contributed by atoms with Crippen molar-refractivity contribution in [1.82, 2.24) is 9.97 Å². The topological polar surface area (TPSA) is 52.5 Å². The number of H-pyrrole nitrogens is 1. The number of nitrogens with zero attached hydrogens (tertiary/aromatic N) is 2. The van der Waals surface area contributed by atoms with Gasteiger partial charge in [0.25, 0.3) is 0 Å². The van der Waals surface area contributed by atoms with E-state index in [4.69, 9.17) is 12.2 Å². The van der Waals surface area contributed by atoms with Crippen molar-refractivity contribution in [3.63, 3.8) is 0 Å². The highest BCUT2D eigenvalue weighted by Gasteiger charge is 2.09. The maximum atomic E-state index is 9.29. The summed E-state index contributed by atoms with van der Waals surface area (Å²) in [5.41, 5.74) is 6.18. The van der Waals surface area contributed by atoms with Crippen LogP contribution < -0.4 is 0 Å². The van der Waals surface area contributed by atoms with Gasteiger partial charge in [0.05, 0.1) is 11.6 Å². The molecule has 1 aromatic heterocycles. The molecule has 1 N–H and O–H groups in total. The molecular formula is C22H21N3S. The third kappa shape index (κ3) is 3.89. The van der Waals surface area contributed by atoms with E-state index < -0.39 is 0 Å². The van der Waals surface area contributed by atoms with Crippen LogP contribution in [0.2, 0.25) is 0 Å². The molecule has 0 unspecified atom stereocenters. The summed E-state index contributed by atoms with van der Waals surface area (Å²) in [6.45, 7) is 4.11. The summed E-state index contributed by atoms with van der Waals surface area (Å²) in [6, 6.07) is 18.3. The zero-order valence-electron chi connectivity index (χ0n) is 15.0. The fourth-order valence-corrected chi connectivity index (χ4v) is 3.49. The molecule has 130 valence electrons. The van der Waals surface area contributed by atoms with Crippen LogP contribution in [0.1, 0.15) is 41.6 Å². The molecular weight excluding hydrogens is 338 g/mol. The molecule has 0 aliphatic heterocycles. The zero-order valence-corrected chi connectivity index (χ0v) is 15.9. The van der Waals surface area contributed by atoms with Crippen molar-refractivity contribution in [2.45, 2.75) is 33.1 Å². The van der Waals surface area contributed by atoms with Crippen molar-refractivity contribution in [2.24, 2.45) is 0 Å². The van der Waals surface area contributed by atoms with Crippen LogP contribution in [0.15, 0.2) is 48.5 Å². The van der Waals surface area contributed by atoms with Gasteiger partial charge in [-0.15, -0.1) is 0 Å². The molecule has 3 aromatic rings. The fraction of sp³-hybridized carbons (Fsp3) is 0.227. The van der Waals surface area contributed by atoms with E-state index >= 15 is 0 Å². The van der Waals surface area contributed by atoms with E-state index in [0.29, 0.717) is 10.2 Å². The summed E-state index contributed by atoms with van der Waals surface area (Å²) in [5.74, 6) is 0.866. The molecule has 3 nitrogen and oxygen atoms in total. The molecule has 0 saturated heterocycles. The summed E-state index contributed by atoms with van der Waals surface area (Å²) in [5, 5.41) is 9.29. The highest BCUT2D eigenvalue weighted by molar-refractivity contribution is 7.71. The number of hydrogen-bond acceptors (Lipinski definition) is 3. The fourth-order valence-electron chi connectivity index (χ4n) is 3.15. The molecule has 2 aromatic carbocycles. The third-order valence-electron chi connectivity index (χ3n) is 4.42. The van der Waals surface area contributed by atoms with E-state index in [2.05, 4.69) is 47.2 Å². The van der Waals surface area contributed by atoms with Gasteiger partial charge in [-0.2, -0.15) is 5.26 Å². The summed E-state index contributed by atoms with van der Waals surface area (Å²) >= 11 is 5.51. The number of rotatable bonds is 5. The molecule has 0 fully saturated rings. The van der Waals surface area contributed by atoms with Crippen LogP contribution in [0.3, 0.4) is 0 Å². The minimum absolute atomic E-state index is 0.684. The summed E-state index contributed by atoms with van der Waals surface area (Å²) < 4.78 is 0.684. The van der Waals surface area contributed by atoms with Crippen molar-refractivity contribution in [3.05, 3.63) is 81.4 Å². The van der Waals surface area contributed by atoms with Gasteiger partial charge in [-0.1, -0.05) is 68.0 Å². The van der Waals surface area contributed by atoms with Gasteiger partial charge in [0.15, 0.2) is 0 Å². The second-order valence-corrected chi connectivity index (χ2v) is 6.75. The van der Waals surface area contributed by atoms with Gasteiger partial charge in [-0.3, -0.25) is 0 Å². The summed E-state index contributed by atoms with van der Waals surface area (Å²) in [7, 11) is 0. The predicted molar refractivity (Wildman–Crippen MR) is 108 cm³/mol. The molecule has 0 radical (unpaired) electrons. The van der Waals surface area contributed by atoms with Crippen molar-refractivity contribution < 1.29 is 0 Å². The van der Waals surface area contributed by atoms with Crippen LogP contribution in [0, 0.1) is 22.9 Å². The lowest BCUT2D eigenvalue weighted by atomic mass is 9.97. The average molecular weight is 359 g/mol. The molecule has 4 heteroatoms.